The molecular formula is C15H12FN5O3. The minimum absolute atomic E-state index is 0.118. The fourth-order valence-corrected chi connectivity index (χ4v) is 2.65. The molecule has 0 radical (unpaired) electrons. The van der Waals surface area contributed by atoms with Gasteiger partial charge in [0.2, 0.25) is 5.88 Å². The molecule has 0 N–H and O–H groups in total. The van der Waals surface area contributed by atoms with E-state index in [0.29, 0.717) is 22.8 Å². The molecule has 1 aliphatic rings. The normalized spacial score (nSPS) is 11.9. The lowest BCUT2D eigenvalue weighted by molar-refractivity contribution is 0.102. The zero-order valence-electron chi connectivity index (χ0n) is 12.6. The first-order valence-electron chi connectivity index (χ1n) is 7.26. The summed E-state index contributed by atoms with van der Waals surface area (Å²) in [6.07, 6.45) is 2.07. The van der Waals surface area contributed by atoms with Crippen molar-refractivity contribution >= 4 is 6.16 Å². The Morgan fingerprint density at radius 3 is 3.08 bits per heavy atom. The number of benzene rings is 1. The molecule has 3 heterocycles. The number of fused-ring (bicyclic) bond motifs is 5. The number of carbonyl (C=O) groups is 1. The molecule has 0 unspecified atom stereocenters. The third-order valence-corrected chi connectivity index (χ3v) is 3.64. The van der Waals surface area contributed by atoms with Crippen LogP contribution in [0.25, 0.3) is 17.1 Å². The van der Waals surface area contributed by atoms with Crippen LogP contribution in [-0.2, 0) is 11.3 Å². The quantitative estimate of drug-likeness (QED) is 0.524. The van der Waals surface area contributed by atoms with Gasteiger partial charge in [-0.3, -0.25) is 4.57 Å². The van der Waals surface area contributed by atoms with Gasteiger partial charge in [0.25, 0.3) is 0 Å². The Bertz CT molecular complexity index is 933. The van der Waals surface area contributed by atoms with Gasteiger partial charge >= 0.3 is 6.16 Å². The van der Waals surface area contributed by atoms with Crippen LogP contribution in [0.15, 0.2) is 30.9 Å². The lowest BCUT2D eigenvalue weighted by atomic mass is 10.1. The molecule has 0 saturated carbocycles. The second kappa shape index (κ2) is 5.44. The SMILES string of the molecule is CCOC(=O)Oc1ncn2c1Cn1ncnc1-c1cc(F)ccc1-2. The summed E-state index contributed by atoms with van der Waals surface area (Å²) < 4.78 is 26.9. The highest BCUT2D eigenvalue weighted by atomic mass is 19.1. The molecule has 0 bridgehead atoms. The number of halogens is 1. The monoisotopic (exact) mass is 329 g/mol. The third-order valence-electron chi connectivity index (χ3n) is 3.64. The molecule has 8 nitrogen and oxygen atoms in total. The van der Waals surface area contributed by atoms with Crippen LogP contribution in [0.4, 0.5) is 9.18 Å². The standard InChI is InChI=1S/C15H12FN5O3/c1-2-23-15(22)24-14-12-6-21-13(17-7-19-21)10-5-9(16)3-4-11(10)20(12)8-18-14/h3-5,7-8H,2,6H2,1H3. The fourth-order valence-electron chi connectivity index (χ4n) is 2.65. The average Bonchev–Trinajstić information content (AvgIpc) is 3.14. The van der Waals surface area contributed by atoms with Gasteiger partial charge in [0, 0.05) is 5.56 Å². The molecule has 0 aliphatic carbocycles. The van der Waals surface area contributed by atoms with Crippen molar-refractivity contribution in [3.8, 4) is 23.0 Å². The van der Waals surface area contributed by atoms with Crippen LogP contribution < -0.4 is 4.74 Å². The minimum Gasteiger partial charge on any atom is -0.434 e. The van der Waals surface area contributed by atoms with E-state index in [4.69, 9.17) is 9.47 Å². The van der Waals surface area contributed by atoms with Crippen molar-refractivity contribution in [3.05, 3.63) is 42.4 Å². The average molecular weight is 329 g/mol. The predicted octanol–water partition coefficient (Wildman–Crippen LogP) is 2.17. The number of imidazole rings is 1. The summed E-state index contributed by atoms with van der Waals surface area (Å²) in [4.78, 5) is 19.9. The number of aromatic nitrogens is 5. The molecule has 1 aliphatic heterocycles. The molecule has 0 saturated heterocycles. The van der Waals surface area contributed by atoms with E-state index in [-0.39, 0.29) is 24.8 Å². The first-order chi connectivity index (χ1) is 11.7. The van der Waals surface area contributed by atoms with Gasteiger partial charge in [0.15, 0.2) is 5.82 Å². The molecule has 3 aromatic rings. The number of nitrogens with zero attached hydrogens (tertiary/aromatic N) is 5. The topological polar surface area (TPSA) is 84.1 Å². The van der Waals surface area contributed by atoms with Gasteiger partial charge in [0.05, 0.1) is 18.8 Å². The molecule has 0 amide bonds. The van der Waals surface area contributed by atoms with Crippen molar-refractivity contribution < 1.29 is 18.7 Å². The molecule has 4 rings (SSSR count). The maximum absolute atomic E-state index is 13.7. The Morgan fingerprint density at radius 1 is 1.38 bits per heavy atom. The van der Waals surface area contributed by atoms with E-state index in [9.17, 15) is 9.18 Å². The van der Waals surface area contributed by atoms with Crippen LogP contribution >= 0.6 is 0 Å². The summed E-state index contributed by atoms with van der Waals surface area (Å²) in [5.74, 6) is 0.261. The number of hydrogen-bond donors (Lipinski definition) is 0. The summed E-state index contributed by atoms with van der Waals surface area (Å²) in [5, 5.41) is 4.15. The lowest BCUT2D eigenvalue weighted by Gasteiger charge is -2.08. The van der Waals surface area contributed by atoms with Crippen molar-refractivity contribution in [1.82, 2.24) is 24.3 Å². The third kappa shape index (κ3) is 2.21. The summed E-state index contributed by atoms with van der Waals surface area (Å²) in [7, 11) is 0. The van der Waals surface area contributed by atoms with Gasteiger partial charge in [-0.1, -0.05) is 0 Å². The highest BCUT2D eigenvalue weighted by Gasteiger charge is 2.26. The van der Waals surface area contributed by atoms with E-state index in [2.05, 4.69) is 15.1 Å². The summed E-state index contributed by atoms with van der Waals surface area (Å²) >= 11 is 0. The smallest absolute Gasteiger partial charge is 0.434 e. The second-order valence-electron chi connectivity index (χ2n) is 5.05. The van der Waals surface area contributed by atoms with Crippen LogP contribution in [0.5, 0.6) is 5.88 Å². The molecular weight excluding hydrogens is 317 g/mol. The maximum Gasteiger partial charge on any atom is 0.515 e. The highest BCUT2D eigenvalue weighted by molar-refractivity contribution is 5.70. The molecule has 0 spiro atoms. The van der Waals surface area contributed by atoms with Crippen molar-refractivity contribution in [2.24, 2.45) is 0 Å². The van der Waals surface area contributed by atoms with Crippen molar-refractivity contribution in [2.75, 3.05) is 6.61 Å². The number of ether oxygens (including phenoxy) is 2. The van der Waals surface area contributed by atoms with E-state index < -0.39 is 6.16 Å². The van der Waals surface area contributed by atoms with Crippen LogP contribution in [0, 0.1) is 5.82 Å². The summed E-state index contributed by atoms with van der Waals surface area (Å²) in [6.45, 7) is 2.14. The van der Waals surface area contributed by atoms with E-state index in [1.54, 1.807) is 22.2 Å². The second-order valence-corrected chi connectivity index (χ2v) is 5.05. The van der Waals surface area contributed by atoms with Gasteiger partial charge in [0.1, 0.15) is 24.2 Å². The Kier molecular flexibility index (Phi) is 3.26. The number of hydrogen-bond acceptors (Lipinski definition) is 6. The van der Waals surface area contributed by atoms with Crippen molar-refractivity contribution in [2.45, 2.75) is 13.5 Å². The van der Waals surface area contributed by atoms with E-state index in [1.807, 2.05) is 0 Å². The van der Waals surface area contributed by atoms with Crippen LogP contribution in [0.2, 0.25) is 0 Å². The minimum atomic E-state index is -0.832. The summed E-state index contributed by atoms with van der Waals surface area (Å²) in [5.41, 5.74) is 1.83. The number of rotatable bonds is 2. The predicted molar refractivity (Wildman–Crippen MR) is 79.3 cm³/mol. The van der Waals surface area contributed by atoms with E-state index in [0.717, 1.165) is 0 Å². The Morgan fingerprint density at radius 2 is 2.25 bits per heavy atom. The van der Waals surface area contributed by atoms with Gasteiger partial charge in [-0.15, -0.1) is 0 Å². The van der Waals surface area contributed by atoms with Crippen LogP contribution in [0.3, 0.4) is 0 Å². The molecule has 0 fully saturated rings. The van der Waals surface area contributed by atoms with Crippen molar-refractivity contribution in [1.29, 1.82) is 0 Å². The zero-order valence-corrected chi connectivity index (χ0v) is 12.6. The van der Waals surface area contributed by atoms with Gasteiger partial charge in [-0.25, -0.2) is 23.8 Å². The Hall–Kier alpha value is -3.23. The molecule has 122 valence electrons. The molecule has 0 atom stereocenters. The largest absolute Gasteiger partial charge is 0.515 e. The van der Waals surface area contributed by atoms with Gasteiger partial charge in [-0.05, 0) is 25.1 Å². The maximum atomic E-state index is 13.7. The first-order valence-corrected chi connectivity index (χ1v) is 7.26. The van der Waals surface area contributed by atoms with Crippen molar-refractivity contribution in [3.63, 3.8) is 0 Å². The first kappa shape index (κ1) is 14.4. The summed E-state index contributed by atoms with van der Waals surface area (Å²) in [6, 6.07) is 4.35. The molecule has 2 aromatic heterocycles. The van der Waals surface area contributed by atoms with E-state index >= 15 is 0 Å². The highest BCUT2D eigenvalue weighted by Crippen LogP contribution is 2.33. The van der Waals surface area contributed by atoms with Gasteiger partial charge < -0.3 is 9.47 Å². The Labute approximate surface area is 135 Å². The molecule has 9 heteroatoms. The number of carbonyl (C=O) groups excluding carboxylic acids is 1. The van der Waals surface area contributed by atoms with Gasteiger partial charge in [-0.2, -0.15) is 5.10 Å². The van der Waals surface area contributed by atoms with E-state index in [1.165, 1.54) is 24.8 Å². The lowest BCUT2D eigenvalue weighted by Crippen LogP contribution is -2.13. The fraction of sp³-hybridized carbons (Fsp3) is 0.200. The van der Waals surface area contributed by atoms with Crippen LogP contribution in [-0.4, -0.2) is 37.1 Å². The molecule has 24 heavy (non-hydrogen) atoms. The zero-order chi connectivity index (χ0) is 16.7. The van der Waals surface area contributed by atoms with Crippen LogP contribution in [0.1, 0.15) is 12.6 Å². The Balaban J connectivity index is 1.87. The molecule has 1 aromatic carbocycles.